The standard InChI is InChI=1S/C15H16N4S/c1-8-4-6-11(7-5-8)13-17-14(19-16)12-9(2)10(3)20-15(12)18-13/h4-7H,16H2,1-3H3,(H,17,18,19). The van der Waals surface area contributed by atoms with Crippen molar-refractivity contribution in [1.82, 2.24) is 9.97 Å². The molecular formula is C15H16N4S. The van der Waals surface area contributed by atoms with Gasteiger partial charge in [-0.3, -0.25) is 0 Å². The molecule has 2 heterocycles. The third-order valence-corrected chi connectivity index (χ3v) is 4.58. The third kappa shape index (κ3) is 2.05. The molecular weight excluding hydrogens is 268 g/mol. The second-order valence-corrected chi connectivity index (χ2v) is 6.07. The van der Waals surface area contributed by atoms with Crippen LogP contribution >= 0.6 is 11.3 Å². The number of rotatable bonds is 2. The van der Waals surface area contributed by atoms with E-state index in [1.165, 1.54) is 16.0 Å². The van der Waals surface area contributed by atoms with Crippen LogP contribution in [0.15, 0.2) is 24.3 Å². The van der Waals surface area contributed by atoms with Crippen LogP contribution in [0, 0.1) is 20.8 Å². The molecule has 0 fully saturated rings. The van der Waals surface area contributed by atoms with E-state index in [1.54, 1.807) is 11.3 Å². The predicted molar refractivity (Wildman–Crippen MR) is 84.9 cm³/mol. The summed E-state index contributed by atoms with van der Waals surface area (Å²) in [7, 11) is 0. The minimum Gasteiger partial charge on any atom is -0.308 e. The number of thiophene rings is 1. The summed E-state index contributed by atoms with van der Waals surface area (Å²) >= 11 is 1.67. The van der Waals surface area contributed by atoms with Crippen LogP contribution in [-0.2, 0) is 0 Å². The fourth-order valence-corrected chi connectivity index (χ4v) is 3.21. The summed E-state index contributed by atoms with van der Waals surface area (Å²) in [5.74, 6) is 7.02. The molecule has 0 aliphatic carbocycles. The second kappa shape index (κ2) is 4.85. The van der Waals surface area contributed by atoms with Gasteiger partial charge in [0, 0.05) is 10.4 Å². The summed E-state index contributed by atoms with van der Waals surface area (Å²) in [5.41, 5.74) is 6.10. The molecule has 0 aliphatic heterocycles. The SMILES string of the molecule is Cc1ccc(-c2nc(NN)c3c(C)c(C)sc3n2)cc1. The third-order valence-electron chi connectivity index (χ3n) is 3.48. The molecule has 0 spiro atoms. The number of nitrogens with zero attached hydrogens (tertiary/aromatic N) is 2. The Bertz CT molecular complexity index is 775. The maximum Gasteiger partial charge on any atom is 0.163 e. The van der Waals surface area contributed by atoms with Crippen LogP contribution in [0.25, 0.3) is 21.6 Å². The van der Waals surface area contributed by atoms with Gasteiger partial charge in [0.1, 0.15) is 4.83 Å². The number of hydrazine groups is 1. The first kappa shape index (κ1) is 13.0. The van der Waals surface area contributed by atoms with Crippen LogP contribution in [0.4, 0.5) is 5.82 Å². The van der Waals surface area contributed by atoms with Gasteiger partial charge in [0.25, 0.3) is 0 Å². The first-order chi connectivity index (χ1) is 9.60. The molecule has 5 heteroatoms. The van der Waals surface area contributed by atoms with Crippen LogP contribution in [0.5, 0.6) is 0 Å². The van der Waals surface area contributed by atoms with E-state index < -0.39 is 0 Å². The van der Waals surface area contributed by atoms with E-state index in [4.69, 9.17) is 5.84 Å². The van der Waals surface area contributed by atoms with Crippen LogP contribution in [0.1, 0.15) is 16.0 Å². The zero-order valence-corrected chi connectivity index (χ0v) is 12.5. The second-order valence-electron chi connectivity index (χ2n) is 4.87. The Kier molecular flexibility index (Phi) is 3.16. The normalized spacial score (nSPS) is 11.0. The van der Waals surface area contributed by atoms with E-state index in [-0.39, 0.29) is 0 Å². The molecule has 3 rings (SSSR count). The molecule has 0 unspecified atom stereocenters. The van der Waals surface area contributed by atoms with Crippen molar-refractivity contribution in [2.24, 2.45) is 5.84 Å². The number of hydrogen-bond donors (Lipinski definition) is 2. The van der Waals surface area contributed by atoms with Crippen molar-refractivity contribution in [3.63, 3.8) is 0 Å². The van der Waals surface area contributed by atoms with Crippen molar-refractivity contribution in [3.8, 4) is 11.4 Å². The summed E-state index contributed by atoms with van der Waals surface area (Å²) in [6.07, 6.45) is 0. The lowest BCUT2D eigenvalue weighted by Crippen LogP contribution is -2.10. The molecule has 0 saturated heterocycles. The number of nitrogens with one attached hydrogen (secondary N) is 1. The molecule has 0 radical (unpaired) electrons. The van der Waals surface area contributed by atoms with E-state index in [0.717, 1.165) is 15.8 Å². The van der Waals surface area contributed by atoms with Crippen molar-refractivity contribution in [2.75, 3.05) is 5.43 Å². The Labute approximate surface area is 121 Å². The predicted octanol–water partition coefficient (Wildman–Crippen LogP) is 3.57. The Hall–Kier alpha value is -1.98. The molecule has 1 aromatic carbocycles. The van der Waals surface area contributed by atoms with E-state index >= 15 is 0 Å². The number of fused-ring (bicyclic) bond motifs is 1. The Morgan fingerprint density at radius 2 is 1.75 bits per heavy atom. The number of aromatic nitrogens is 2. The fraction of sp³-hybridized carbons (Fsp3) is 0.200. The van der Waals surface area contributed by atoms with Gasteiger partial charge in [0.15, 0.2) is 11.6 Å². The molecule has 0 saturated carbocycles. The summed E-state index contributed by atoms with van der Waals surface area (Å²) in [5, 5.41) is 1.02. The lowest BCUT2D eigenvalue weighted by Gasteiger charge is -2.06. The highest BCUT2D eigenvalue weighted by Gasteiger charge is 2.14. The molecule has 0 bridgehead atoms. The quantitative estimate of drug-likeness (QED) is 0.558. The highest BCUT2D eigenvalue weighted by Crippen LogP contribution is 2.34. The van der Waals surface area contributed by atoms with Gasteiger partial charge in [-0.15, -0.1) is 11.3 Å². The number of anilines is 1. The zero-order valence-electron chi connectivity index (χ0n) is 11.7. The Morgan fingerprint density at radius 3 is 2.40 bits per heavy atom. The van der Waals surface area contributed by atoms with E-state index in [1.807, 2.05) is 12.1 Å². The number of hydrogen-bond acceptors (Lipinski definition) is 5. The van der Waals surface area contributed by atoms with E-state index in [2.05, 4.69) is 48.3 Å². The Morgan fingerprint density at radius 1 is 1.05 bits per heavy atom. The van der Waals surface area contributed by atoms with Gasteiger partial charge < -0.3 is 5.43 Å². The smallest absolute Gasteiger partial charge is 0.163 e. The summed E-state index contributed by atoms with van der Waals surface area (Å²) < 4.78 is 0. The zero-order chi connectivity index (χ0) is 14.3. The van der Waals surface area contributed by atoms with Crippen molar-refractivity contribution in [1.29, 1.82) is 0 Å². The van der Waals surface area contributed by atoms with Crippen molar-refractivity contribution < 1.29 is 0 Å². The molecule has 2 aromatic heterocycles. The molecule has 0 aliphatic rings. The van der Waals surface area contributed by atoms with Crippen molar-refractivity contribution in [2.45, 2.75) is 20.8 Å². The molecule has 3 N–H and O–H groups in total. The summed E-state index contributed by atoms with van der Waals surface area (Å²) in [6.45, 7) is 6.23. The van der Waals surface area contributed by atoms with Crippen molar-refractivity contribution in [3.05, 3.63) is 40.3 Å². The molecule has 0 atom stereocenters. The molecule has 3 aromatic rings. The van der Waals surface area contributed by atoms with E-state index in [0.29, 0.717) is 11.6 Å². The molecule has 102 valence electrons. The first-order valence-electron chi connectivity index (χ1n) is 6.41. The maximum atomic E-state index is 5.63. The number of nitrogen functional groups attached to an aromatic ring is 1. The molecule has 4 nitrogen and oxygen atoms in total. The van der Waals surface area contributed by atoms with Gasteiger partial charge in [0.2, 0.25) is 0 Å². The van der Waals surface area contributed by atoms with Gasteiger partial charge in [-0.2, -0.15) is 0 Å². The first-order valence-corrected chi connectivity index (χ1v) is 7.23. The number of nitrogens with two attached hydrogens (primary N) is 1. The monoisotopic (exact) mass is 284 g/mol. The van der Waals surface area contributed by atoms with Gasteiger partial charge >= 0.3 is 0 Å². The van der Waals surface area contributed by atoms with Gasteiger partial charge in [-0.05, 0) is 26.3 Å². The number of aryl methyl sites for hydroxylation is 3. The minimum atomic E-state index is 0.687. The Balaban J connectivity index is 2.25. The fourth-order valence-electron chi connectivity index (χ4n) is 2.19. The average Bonchev–Trinajstić information content (AvgIpc) is 2.74. The van der Waals surface area contributed by atoms with Gasteiger partial charge in [0.05, 0.1) is 5.39 Å². The molecule has 20 heavy (non-hydrogen) atoms. The van der Waals surface area contributed by atoms with Crippen LogP contribution < -0.4 is 11.3 Å². The lowest BCUT2D eigenvalue weighted by molar-refractivity contribution is 1.19. The molecule has 0 amide bonds. The summed E-state index contributed by atoms with van der Waals surface area (Å²) in [4.78, 5) is 11.4. The minimum absolute atomic E-state index is 0.687. The largest absolute Gasteiger partial charge is 0.308 e. The van der Waals surface area contributed by atoms with Crippen LogP contribution in [0.2, 0.25) is 0 Å². The van der Waals surface area contributed by atoms with Crippen LogP contribution in [0.3, 0.4) is 0 Å². The number of benzene rings is 1. The lowest BCUT2D eigenvalue weighted by atomic mass is 10.1. The highest BCUT2D eigenvalue weighted by atomic mass is 32.1. The van der Waals surface area contributed by atoms with Crippen molar-refractivity contribution >= 4 is 27.4 Å². The highest BCUT2D eigenvalue weighted by molar-refractivity contribution is 7.18. The van der Waals surface area contributed by atoms with E-state index in [9.17, 15) is 0 Å². The topological polar surface area (TPSA) is 63.8 Å². The summed E-state index contributed by atoms with van der Waals surface area (Å²) in [6, 6.07) is 8.18. The van der Waals surface area contributed by atoms with Gasteiger partial charge in [-0.25, -0.2) is 15.8 Å². The average molecular weight is 284 g/mol. The van der Waals surface area contributed by atoms with Gasteiger partial charge in [-0.1, -0.05) is 29.8 Å². The maximum absolute atomic E-state index is 5.63. The van der Waals surface area contributed by atoms with Crippen LogP contribution in [-0.4, -0.2) is 9.97 Å².